The third kappa shape index (κ3) is 35.8. The molecule has 0 radical (unpaired) electrons. The molecule has 0 aromatic rings. The topological polar surface area (TPSA) is 99.1 Å². The zero-order valence-corrected chi connectivity index (χ0v) is 36.2. The summed E-state index contributed by atoms with van der Waals surface area (Å²) in [4.78, 5) is 36.9. The summed E-state index contributed by atoms with van der Waals surface area (Å²) in [6, 6.07) is -0.611. The number of esters is 2. The highest BCUT2D eigenvalue weighted by Gasteiger charge is 2.31. The maximum Gasteiger partial charge on any atom is 0.362 e. The van der Waals surface area contributed by atoms with Crippen molar-refractivity contribution in [1.82, 2.24) is 0 Å². The van der Waals surface area contributed by atoms with Crippen molar-refractivity contribution in [2.75, 3.05) is 41.0 Å². The lowest BCUT2D eigenvalue weighted by Crippen LogP contribution is -2.50. The molecule has 0 aromatic carbocycles. The lowest BCUT2D eigenvalue weighted by Gasteiger charge is -2.31. The van der Waals surface area contributed by atoms with Crippen molar-refractivity contribution in [2.45, 2.75) is 225 Å². The van der Waals surface area contributed by atoms with Crippen LogP contribution >= 0.6 is 0 Å². The van der Waals surface area contributed by atoms with E-state index in [0.717, 1.165) is 57.8 Å². The van der Waals surface area contributed by atoms with Crippen molar-refractivity contribution < 1.29 is 38.2 Å². The molecule has 0 bridgehead atoms. The summed E-state index contributed by atoms with van der Waals surface area (Å²) in [6.45, 7) is 4.71. The second-order valence-electron chi connectivity index (χ2n) is 16.7. The first-order chi connectivity index (χ1) is 26.1. The van der Waals surface area contributed by atoms with Crippen LogP contribution in [-0.4, -0.2) is 80.6 Å². The van der Waals surface area contributed by atoms with Crippen molar-refractivity contribution in [2.24, 2.45) is 0 Å². The monoisotopic (exact) mass is 767 g/mol. The fourth-order valence-electron chi connectivity index (χ4n) is 6.84. The van der Waals surface area contributed by atoms with Crippen molar-refractivity contribution >= 4 is 17.9 Å². The molecule has 0 saturated carbocycles. The second kappa shape index (κ2) is 38.0. The molecule has 0 amide bonds. The number of hydrogen-bond donors (Lipinski definition) is 1. The molecule has 1 N–H and O–H groups in total. The van der Waals surface area contributed by atoms with Crippen LogP contribution in [0.15, 0.2) is 12.2 Å². The summed E-state index contributed by atoms with van der Waals surface area (Å²) in [5.41, 5.74) is 0. The molecule has 0 aromatic heterocycles. The summed E-state index contributed by atoms with van der Waals surface area (Å²) in [7, 11) is 5.53. The van der Waals surface area contributed by atoms with E-state index in [-0.39, 0.29) is 36.2 Å². The Labute approximate surface area is 333 Å². The van der Waals surface area contributed by atoms with Crippen LogP contribution in [0, 0.1) is 0 Å². The predicted octanol–water partition coefficient (Wildman–Crippen LogP) is 12.3. The Morgan fingerprint density at radius 1 is 0.537 bits per heavy atom. The van der Waals surface area contributed by atoms with E-state index in [1.54, 1.807) is 0 Å². The van der Waals surface area contributed by atoms with Crippen LogP contribution in [0.2, 0.25) is 0 Å². The van der Waals surface area contributed by atoms with E-state index >= 15 is 0 Å². The molecule has 0 rings (SSSR count). The Morgan fingerprint density at radius 2 is 0.944 bits per heavy atom. The molecule has 0 heterocycles. The van der Waals surface area contributed by atoms with Gasteiger partial charge in [0.15, 0.2) is 12.1 Å². The first-order valence-electron chi connectivity index (χ1n) is 22.7. The first-order valence-corrected chi connectivity index (χ1v) is 22.7. The van der Waals surface area contributed by atoms with E-state index in [1.165, 1.54) is 122 Å². The Morgan fingerprint density at radius 3 is 1.39 bits per heavy atom. The highest BCUT2D eigenvalue weighted by Crippen LogP contribution is 2.16. The average Bonchev–Trinajstić information content (AvgIpc) is 3.12. The van der Waals surface area contributed by atoms with Gasteiger partial charge in [-0.25, -0.2) is 4.79 Å². The fraction of sp³-hybridized carbons (Fsp3) is 0.891. The number of likely N-dealkylation sites (N-methyl/N-ethyl adjacent to an activating group) is 1. The number of carboxylic acid groups (broad SMARTS) is 1. The Bertz CT molecular complexity index is 900. The SMILES string of the molecule is CCCC/C=C/CCCCCCC(=O)OCC(COCCC(C(=O)O)[N+](C)(C)C)OC(=O)CCCCCCCCCCCCCCCCCCCCCC. The van der Waals surface area contributed by atoms with E-state index in [1.807, 2.05) is 21.1 Å². The summed E-state index contributed by atoms with van der Waals surface area (Å²) >= 11 is 0. The van der Waals surface area contributed by atoms with Crippen molar-refractivity contribution in [3.63, 3.8) is 0 Å². The van der Waals surface area contributed by atoms with E-state index in [0.29, 0.717) is 19.3 Å². The number of rotatable bonds is 41. The van der Waals surface area contributed by atoms with Crippen LogP contribution in [0.5, 0.6) is 0 Å². The Kier molecular flexibility index (Phi) is 36.6. The molecular formula is C46H88NO7+. The second-order valence-corrected chi connectivity index (χ2v) is 16.7. The van der Waals surface area contributed by atoms with Crippen LogP contribution in [0.25, 0.3) is 0 Å². The summed E-state index contributed by atoms with van der Waals surface area (Å²) in [5.74, 6) is -1.47. The summed E-state index contributed by atoms with van der Waals surface area (Å²) in [5, 5.41) is 9.61. The van der Waals surface area contributed by atoms with Gasteiger partial charge in [-0.15, -0.1) is 0 Å². The van der Waals surface area contributed by atoms with E-state index in [9.17, 15) is 19.5 Å². The number of carboxylic acids is 1. The number of aliphatic carboxylic acids is 1. The number of hydrogen-bond acceptors (Lipinski definition) is 6. The minimum absolute atomic E-state index is 0.0515. The standard InChI is InChI=1S/C46H87NO7/c1-6-8-10-12-14-16-18-19-20-21-22-23-24-25-26-27-29-31-33-35-37-45(49)54-42(40-52-39-38-43(46(50)51)47(3,4)5)41-53-44(48)36-34-32-30-28-17-15-13-11-9-7-2/h13,15,42-43H,6-12,14,16-41H2,1-5H3/p+1/b15-13+. The quantitative estimate of drug-likeness (QED) is 0.0286. The summed E-state index contributed by atoms with van der Waals surface area (Å²) in [6.07, 6.45) is 39.8. The molecule has 0 saturated heterocycles. The largest absolute Gasteiger partial charge is 0.477 e. The minimum Gasteiger partial charge on any atom is -0.477 e. The minimum atomic E-state index is -0.874. The van der Waals surface area contributed by atoms with Gasteiger partial charge in [-0.2, -0.15) is 0 Å². The van der Waals surface area contributed by atoms with Gasteiger partial charge in [-0.1, -0.05) is 174 Å². The van der Waals surface area contributed by atoms with E-state index in [4.69, 9.17) is 14.2 Å². The number of carbonyl (C=O) groups excluding carboxylic acids is 2. The van der Waals surface area contributed by atoms with Crippen molar-refractivity contribution in [3.05, 3.63) is 12.2 Å². The Hall–Kier alpha value is -1.93. The van der Waals surface area contributed by atoms with Gasteiger partial charge in [0.2, 0.25) is 0 Å². The highest BCUT2D eigenvalue weighted by molar-refractivity contribution is 5.72. The first kappa shape index (κ1) is 52.1. The van der Waals surface area contributed by atoms with Crippen LogP contribution in [-0.2, 0) is 28.6 Å². The molecule has 2 unspecified atom stereocenters. The number of quaternary nitrogens is 1. The Balaban J connectivity index is 4.22. The molecule has 318 valence electrons. The van der Waals surface area contributed by atoms with Crippen LogP contribution in [0.3, 0.4) is 0 Å². The number of allylic oxidation sites excluding steroid dienone is 2. The number of carbonyl (C=O) groups is 3. The van der Waals surface area contributed by atoms with Gasteiger partial charge in [-0.3, -0.25) is 9.59 Å². The van der Waals surface area contributed by atoms with Gasteiger partial charge in [0.05, 0.1) is 34.4 Å². The molecular weight excluding hydrogens is 679 g/mol. The smallest absolute Gasteiger partial charge is 0.362 e. The van der Waals surface area contributed by atoms with E-state index < -0.39 is 18.1 Å². The number of unbranched alkanes of at least 4 members (excludes halogenated alkanes) is 25. The lowest BCUT2D eigenvalue weighted by atomic mass is 10.0. The molecule has 8 heteroatoms. The molecule has 54 heavy (non-hydrogen) atoms. The molecule has 0 aliphatic carbocycles. The molecule has 2 atom stereocenters. The van der Waals surface area contributed by atoms with Gasteiger partial charge < -0.3 is 23.8 Å². The molecule has 8 nitrogen and oxygen atoms in total. The highest BCUT2D eigenvalue weighted by atomic mass is 16.6. The van der Waals surface area contributed by atoms with Gasteiger partial charge in [-0.05, 0) is 32.1 Å². The average molecular weight is 767 g/mol. The number of ether oxygens (including phenoxy) is 3. The third-order valence-corrected chi connectivity index (χ3v) is 10.4. The zero-order valence-electron chi connectivity index (χ0n) is 36.2. The molecule has 0 aliphatic rings. The predicted molar refractivity (Wildman–Crippen MR) is 225 cm³/mol. The van der Waals surface area contributed by atoms with Crippen LogP contribution < -0.4 is 0 Å². The maximum absolute atomic E-state index is 12.7. The van der Waals surface area contributed by atoms with Gasteiger partial charge in [0.25, 0.3) is 0 Å². The normalized spacial score (nSPS) is 13.0. The molecule has 0 spiro atoms. The molecule has 0 aliphatic heterocycles. The zero-order chi connectivity index (χ0) is 40.0. The maximum atomic E-state index is 12.7. The van der Waals surface area contributed by atoms with Crippen molar-refractivity contribution in [1.29, 1.82) is 0 Å². The van der Waals surface area contributed by atoms with Crippen LogP contribution in [0.1, 0.15) is 213 Å². The van der Waals surface area contributed by atoms with Crippen molar-refractivity contribution in [3.8, 4) is 0 Å². The van der Waals surface area contributed by atoms with Crippen LogP contribution in [0.4, 0.5) is 0 Å². The van der Waals surface area contributed by atoms with E-state index in [2.05, 4.69) is 26.0 Å². The molecule has 0 fully saturated rings. The fourth-order valence-corrected chi connectivity index (χ4v) is 6.84. The van der Waals surface area contributed by atoms with Gasteiger partial charge >= 0.3 is 17.9 Å². The van der Waals surface area contributed by atoms with Gasteiger partial charge in [0.1, 0.15) is 6.61 Å². The lowest BCUT2D eigenvalue weighted by molar-refractivity contribution is -0.887. The van der Waals surface area contributed by atoms with Gasteiger partial charge in [0, 0.05) is 19.3 Å². The number of nitrogens with zero attached hydrogens (tertiary/aromatic N) is 1. The third-order valence-electron chi connectivity index (χ3n) is 10.4. The summed E-state index contributed by atoms with van der Waals surface area (Å²) < 4.78 is 17.3.